The first-order valence-corrected chi connectivity index (χ1v) is 8.61. The zero-order valence-corrected chi connectivity index (χ0v) is 14.3. The molecule has 0 unspecified atom stereocenters. The van der Waals surface area contributed by atoms with Crippen molar-refractivity contribution in [1.82, 2.24) is 9.78 Å². The van der Waals surface area contributed by atoms with Gasteiger partial charge in [-0.05, 0) is 34.0 Å². The van der Waals surface area contributed by atoms with Gasteiger partial charge in [0.2, 0.25) is 5.91 Å². The summed E-state index contributed by atoms with van der Waals surface area (Å²) in [5.41, 5.74) is 2.89. The maximum atomic E-state index is 12.6. The summed E-state index contributed by atoms with van der Waals surface area (Å²) < 4.78 is 1.84. The maximum absolute atomic E-state index is 12.6. The molecule has 0 bridgehead atoms. The highest BCUT2D eigenvalue weighted by atomic mass is 16.1. The Kier molecular flexibility index (Phi) is 4.48. The molecule has 0 aliphatic heterocycles. The summed E-state index contributed by atoms with van der Waals surface area (Å²) in [5, 5.41) is 9.56. The summed E-state index contributed by atoms with van der Waals surface area (Å²) in [6.45, 7) is 0.623. The Bertz CT molecular complexity index is 1030. The quantitative estimate of drug-likeness (QED) is 0.589. The third kappa shape index (κ3) is 3.49. The van der Waals surface area contributed by atoms with Crippen LogP contribution in [-0.4, -0.2) is 15.7 Å². The van der Waals surface area contributed by atoms with Crippen LogP contribution in [0, 0.1) is 0 Å². The standard InChI is InChI=1S/C22H19N3O/c26-22(15-18-10-5-9-17-7-1-3-11-20(17)18)24-21-12-4-2-8-19(21)16-25-14-6-13-23-25/h1-14H,15-16H2,(H,24,26). The minimum absolute atomic E-state index is 0.0192. The molecule has 4 heteroatoms. The highest BCUT2D eigenvalue weighted by molar-refractivity contribution is 5.96. The zero-order chi connectivity index (χ0) is 17.8. The van der Waals surface area contributed by atoms with Crippen molar-refractivity contribution in [3.8, 4) is 0 Å². The van der Waals surface area contributed by atoms with Gasteiger partial charge < -0.3 is 5.32 Å². The van der Waals surface area contributed by atoms with Gasteiger partial charge in [-0.1, -0.05) is 60.7 Å². The number of nitrogens with one attached hydrogen (secondary N) is 1. The highest BCUT2D eigenvalue weighted by Gasteiger charge is 2.10. The molecule has 1 amide bonds. The predicted molar refractivity (Wildman–Crippen MR) is 104 cm³/mol. The summed E-state index contributed by atoms with van der Waals surface area (Å²) >= 11 is 0. The lowest BCUT2D eigenvalue weighted by molar-refractivity contribution is -0.115. The molecule has 0 spiro atoms. The number of rotatable bonds is 5. The number of nitrogens with zero attached hydrogens (tertiary/aromatic N) is 2. The predicted octanol–water partition coefficient (Wildman–Crippen LogP) is 4.27. The zero-order valence-electron chi connectivity index (χ0n) is 14.3. The monoisotopic (exact) mass is 341 g/mol. The number of hydrogen-bond donors (Lipinski definition) is 1. The lowest BCUT2D eigenvalue weighted by Gasteiger charge is -2.12. The van der Waals surface area contributed by atoms with E-state index in [0.29, 0.717) is 13.0 Å². The molecule has 0 aliphatic carbocycles. The Labute approximate surface area is 152 Å². The third-order valence-corrected chi connectivity index (χ3v) is 4.41. The van der Waals surface area contributed by atoms with Crippen molar-refractivity contribution in [1.29, 1.82) is 0 Å². The first-order chi connectivity index (χ1) is 12.8. The van der Waals surface area contributed by atoms with Crippen LogP contribution in [0.15, 0.2) is 85.2 Å². The van der Waals surface area contributed by atoms with Gasteiger partial charge in [0.15, 0.2) is 0 Å². The Morgan fingerprint density at radius 3 is 2.54 bits per heavy atom. The molecule has 0 radical (unpaired) electrons. The van der Waals surface area contributed by atoms with E-state index in [9.17, 15) is 4.79 Å². The molecular formula is C22H19N3O. The van der Waals surface area contributed by atoms with Crippen LogP contribution in [0.5, 0.6) is 0 Å². The van der Waals surface area contributed by atoms with Gasteiger partial charge in [0, 0.05) is 18.1 Å². The number of anilines is 1. The van der Waals surface area contributed by atoms with Gasteiger partial charge in [0.25, 0.3) is 0 Å². The molecule has 1 aromatic heterocycles. The normalized spacial score (nSPS) is 10.8. The second-order valence-corrected chi connectivity index (χ2v) is 6.22. The van der Waals surface area contributed by atoms with Crippen LogP contribution in [0.2, 0.25) is 0 Å². The van der Waals surface area contributed by atoms with E-state index in [-0.39, 0.29) is 5.91 Å². The topological polar surface area (TPSA) is 46.9 Å². The first kappa shape index (κ1) is 16.1. The largest absolute Gasteiger partial charge is 0.325 e. The minimum atomic E-state index is -0.0192. The Hall–Kier alpha value is -3.40. The van der Waals surface area contributed by atoms with Crippen LogP contribution in [-0.2, 0) is 17.8 Å². The third-order valence-electron chi connectivity index (χ3n) is 4.41. The Morgan fingerprint density at radius 2 is 1.65 bits per heavy atom. The van der Waals surface area contributed by atoms with Gasteiger partial charge in [-0.2, -0.15) is 5.10 Å². The van der Waals surface area contributed by atoms with Crippen LogP contribution in [0.1, 0.15) is 11.1 Å². The van der Waals surface area contributed by atoms with Crippen molar-refractivity contribution in [2.24, 2.45) is 0 Å². The van der Waals surface area contributed by atoms with E-state index in [0.717, 1.165) is 27.6 Å². The van der Waals surface area contributed by atoms with Gasteiger partial charge in [-0.25, -0.2) is 0 Å². The molecule has 0 fully saturated rings. The molecule has 4 aromatic rings. The van der Waals surface area contributed by atoms with Crippen molar-refractivity contribution in [2.45, 2.75) is 13.0 Å². The summed E-state index contributed by atoms with van der Waals surface area (Å²) in [7, 11) is 0. The fraction of sp³-hybridized carbons (Fsp3) is 0.0909. The molecule has 0 saturated heterocycles. The van der Waals surface area contributed by atoms with Crippen molar-refractivity contribution in [2.75, 3.05) is 5.32 Å². The lowest BCUT2D eigenvalue weighted by atomic mass is 10.0. The molecule has 0 aliphatic rings. The number of benzene rings is 3. The van der Waals surface area contributed by atoms with E-state index < -0.39 is 0 Å². The molecule has 128 valence electrons. The number of fused-ring (bicyclic) bond motifs is 1. The van der Waals surface area contributed by atoms with Gasteiger partial charge in [-0.3, -0.25) is 9.48 Å². The molecule has 1 N–H and O–H groups in total. The number of hydrogen-bond acceptors (Lipinski definition) is 2. The number of amides is 1. The molecule has 0 saturated carbocycles. The van der Waals surface area contributed by atoms with Crippen molar-refractivity contribution < 1.29 is 4.79 Å². The maximum Gasteiger partial charge on any atom is 0.228 e. The average Bonchev–Trinajstić information content (AvgIpc) is 3.17. The van der Waals surface area contributed by atoms with Gasteiger partial charge in [-0.15, -0.1) is 0 Å². The Balaban J connectivity index is 1.53. The molecule has 4 nitrogen and oxygen atoms in total. The summed E-state index contributed by atoms with van der Waals surface area (Å²) in [4.78, 5) is 12.6. The molecule has 26 heavy (non-hydrogen) atoms. The van der Waals surface area contributed by atoms with E-state index in [1.54, 1.807) is 6.20 Å². The van der Waals surface area contributed by atoms with Crippen LogP contribution in [0.4, 0.5) is 5.69 Å². The number of aromatic nitrogens is 2. The number of para-hydroxylation sites is 1. The number of carbonyl (C=O) groups is 1. The summed E-state index contributed by atoms with van der Waals surface area (Å²) in [5.74, 6) is -0.0192. The van der Waals surface area contributed by atoms with Crippen LogP contribution >= 0.6 is 0 Å². The molecular weight excluding hydrogens is 322 g/mol. The van der Waals surface area contributed by atoms with Crippen molar-refractivity contribution >= 4 is 22.4 Å². The summed E-state index contributed by atoms with van der Waals surface area (Å²) in [6, 6.07) is 23.9. The van der Waals surface area contributed by atoms with E-state index in [4.69, 9.17) is 0 Å². The fourth-order valence-electron chi connectivity index (χ4n) is 3.16. The van der Waals surface area contributed by atoms with Crippen LogP contribution < -0.4 is 5.32 Å². The SMILES string of the molecule is O=C(Cc1cccc2ccccc12)Nc1ccccc1Cn1cccn1. The molecule has 4 rings (SSSR count). The van der Waals surface area contributed by atoms with Gasteiger partial charge >= 0.3 is 0 Å². The Morgan fingerprint density at radius 1 is 0.885 bits per heavy atom. The van der Waals surface area contributed by atoms with Crippen molar-refractivity contribution in [3.63, 3.8) is 0 Å². The van der Waals surface area contributed by atoms with E-state index in [2.05, 4.69) is 28.6 Å². The van der Waals surface area contributed by atoms with Crippen LogP contribution in [0.3, 0.4) is 0 Å². The minimum Gasteiger partial charge on any atom is -0.325 e. The molecule has 3 aromatic carbocycles. The number of carbonyl (C=O) groups excluding carboxylic acids is 1. The summed E-state index contributed by atoms with van der Waals surface area (Å²) in [6.07, 6.45) is 4.01. The second-order valence-electron chi connectivity index (χ2n) is 6.22. The second kappa shape index (κ2) is 7.23. The van der Waals surface area contributed by atoms with Gasteiger partial charge in [0.05, 0.1) is 13.0 Å². The lowest BCUT2D eigenvalue weighted by Crippen LogP contribution is -2.16. The highest BCUT2D eigenvalue weighted by Crippen LogP contribution is 2.20. The van der Waals surface area contributed by atoms with E-state index in [1.165, 1.54) is 0 Å². The first-order valence-electron chi connectivity index (χ1n) is 8.61. The van der Waals surface area contributed by atoms with Crippen molar-refractivity contribution in [3.05, 3.63) is 96.3 Å². The van der Waals surface area contributed by atoms with E-state index >= 15 is 0 Å². The smallest absolute Gasteiger partial charge is 0.228 e. The molecule has 1 heterocycles. The average molecular weight is 341 g/mol. The van der Waals surface area contributed by atoms with Gasteiger partial charge in [0.1, 0.15) is 0 Å². The van der Waals surface area contributed by atoms with E-state index in [1.807, 2.05) is 65.5 Å². The van der Waals surface area contributed by atoms with Crippen LogP contribution in [0.25, 0.3) is 10.8 Å². The fourth-order valence-corrected chi connectivity index (χ4v) is 3.16. The molecule has 0 atom stereocenters.